The van der Waals surface area contributed by atoms with Crippen LogP contribution in [0.5, 0.6) is 0 Å². The first-order chi connectivity index (χ1) is 11.2. The summed E-state index contributed by atoms with van der Waals surface area (Å²) in [4.78, 5) is 26.5. The normalized spacial score (nSPS) is 21.9. The molecule has 0 bridgehead atoms. The van der Waals surface area contributed by atoms with E-state index < -0.39 is 0 Å². The molecule has 0 aromatic heterocycles. The molecule has 1 saturated heterocycles. The van der Waals surface area contributed by atoms with E-state index in [4.69, 9.17) is 0 Å². The molecular weight excluding hydrogens is 288 g/mol. The molecular formula is C19H26N2O2. The van der Waals surface area contributed by atoms with E-state index in [1.165, 1.54) is 18.4 Å². The smallest absolute Gasteiger partial charge is 0.225 e. The van der Waals surface area contributed by atoms with Crippen molar-refractivity contribution in [2.75, 3.05) is 6.54 Å². The van der Waals surface area contributed by atoms with E-state index in [0.717, 1.165) is 24.8 Å². The average molecular weight is 314 g/mol. The Kier molecular flexibility index (Phi) is 4.99. The largest absolute Gasteiger partial charge is 0.352 e. The molecule has 0 unspecified atom stereocenters. The number of hydrogen-bond acceptors (Lipinski definition) is 2. The number of aryl methyl sites for hydroxylation is 1. The molecule has 1 N–H and O–H groups in total. The van der Waals surface area contributed by atoms with Crippen LogP contribution in [0.4, 0.5) is 0 Å². The van der Waals surface area contributed by atoms with Crippen LogP contribution in [0, 0.1) is 5.92 Å². The lowest BCUT2D eigenvalue weighted by atomic mass is 10.1. The highest BCUT2D eigenvalue weighted by molar-refractivity contribution is 5.89. The minimum atomic E-state index is -0.182. The maximum absolute atomic E-state index is 12.4. The SMILES string of the molecule is CCc1ccc(CNC(=O)[C@H]2CC(=O)N(C3CCCC3)C2)cc1. The molecule has 1 aromatic rings. The van der Waals surface area contributed by atoms with Gasteiger partial charge in [-0.25, -0.2) is 0 Å². The topological polar surface area (TPSA) is 49.4 Å². The molecule has 2 aliphatic rings. The lowest BCUT2D eigenvalue weighted by Gasteiger charge is -2.23. The number of amides is 2. The molecule has 1 heterocycles. The molecule has 124 valence electrons. The molecule has 4 heteroatoms. The van der Waals surface area contributed by atoms with Crippen molar-refractivity contribution in [1.29, 1.82) is 0 Å². The van der Waals surface area contributed by atoms with Crippen LogP contribution in [0.2, 0.25) is 0 Å². The first-order valence-corrected chi connectivity index (χ1v) is 8.82. The van der Waals surface area contributed by atoms with E-state index in [1.807, 2.05) is 4.90 Å². The Hall–Kier alpha value is -1.84. The summed E-state index contributed by atoms with van der Waals surface area (Å²) in [5.74, 6) is -0.0132. The zero-order valence-corrected chi connectivity index (χ0v) is 13.9. The minimum absolute atomic E-state index is 0.0124. The van der Waals surface area contributed by atoms with Gasteiger partial charge in [0.05, 0.1) is 5.92 Å². The van der Waals surface area contributed by atoms with Crippen molar-refractivity contribution in [2.45, 2.75) is 58.0 Å². The van der Waals surface area contributed by atoms with Gasteiger partial charge in [-0.3, -0.25) is 9.59 Å². The van der Waals surface area contributed by atoms with Gasteiger partial charge in [-0.05, 0) is 30.4 Å². The highest BCUT2D eigenvalue weighted by Gasteiger charge is 2.38. The van der Waals surface area contributed by atoms with E-state index in [0.29, 0.717) is 25.6 Å². The third kappa shape index (κ3) is 3.74. The average Bonchev–Trinajstić information content (AvgIpc) is 3.22. The molecule has 23 heavy (non-hydrogen) atoms. The van der Waals surface area contributed by atoms with Crippen LogP contribution in [0.3, 0.4) is 0 Å². The van der Waals surface area contributed by atoms with Gasteiger partial charge >= 0.3 is 0 Å². The van der Waals surface area contributed by atoms with Crippen molar-refractivity contribution in [3.8, 4) is 0 Å². The summed E-state index contributed by atoms with van der Waals surface area (Å²) in [7, 11) is 0. The van der Waals surface area contributed by atoms with Crippen molar-refractivity contribution >= 4 is 11.8 Å². The highest BCUT2D eigenvalue weighted by atomic mass is 16.2. The fraction of sp³-hybridized carbons (Fsp3) is 0.579. The van der Waals surface area contributed by atoms with E-state index in [9.17, 15) is 9.59 Å². The predicted octanol–water partition coefficient (Wildman–Crippen LogP) is 2.66. The molecule has 1 aromatic carbocycles. The second-order valence-corrected chi connectivity index (χ2v) is 6.77. The van der Waals surface area contributed by atoms with Gasteiger partial charge in [0.1, 0.15) is 0 Å². The van der Waals surface area contributed by atoms with Crippen molar-refractivity contribution < 1.29 is 9.59 Å². The Morgan fingerprint density at radius 1 is 1.17 bits per heavy atom. The molecule has 0 radical (unpaired) electrons. The minimum Gasteiger partial charge on any atom is -0.352 e. The molecule has 4 nitrogen and oxygen atoms in total. The Balaban J connectivity index is 1.51. The van der Waals surface area contributed by atoms with E-state index in [-0.39, 0.29) is 17.7 Å². The van der Waals surface area contributed by atoms with E-state index in [2.05, 4.69) is 36.5 Å². The zero-order valence-electron chi connectivity index (χ0n) is 13.9. The van der Waals surface area contributed by atoms with Gasteiger partial charge in [0, 0.05) is 25.6 Å². The maximum Gasteiger partial charge on any atom is 0.225 e. The number of hydrogen-bond donors (Lipinski definition) is 1. The second kappa shape index (κ2) is 7.16. The number of nitrogens with one attached hydrogen (secondary N) is 1. The van der Waals surface area contributed by atoms with Crippen LogP contribution in [0.25, 0.3) is 0 Å². The van der Waals surface area contributed by atoms with Gasteiger partial charge in [-0.2, -0.15) is 0 Å². The van der Waals surface area contributed by atoms with Crippen molar-refractivity contribution in [2.24, 2.45) is 5.92 Å². The lowest BCUT2D eigenvalue weighted by Crippen LogP contribution is -2.36. The molecule has 1 atom stereocenters. The Morgan fingerprint density at radius 3 is 2.48 bits per heavy atom. The molecule has 1 saturated carbocycles. The zero-order chi connectivity index (χ0) is 16.2. The van der Waals surface area contributed by atoms with Crippen LogP contribution in [0.1, 0.15) is 50.2 Å². The van der Waals surface area contributed by atoms with Gasteiger partial charge in [-0.1, -0.05) is 44.0 Å². The van der Waals surface area contributed by atoms with Crippen molar-refractivity contribution in [3.05, 3.63) is 35.4 Å². The number of likely N-dealkylation sites (tertiary alicyclic amines) is 1. The van der Waals surface area contributed by atoms with Crippen LogP contribution in [0.15, 0.2) is 24.3 Å². The number of nitrogens with zero attached hydrogens (tertiary/aromatic N) is 1. The van der Waals surface area contributed by atoms with Crippen LogP contribution in [-0.4, -0.2) is 29.3 Å². The molecule has 3 rings (SSSR count). The van der Waals surface area contributed by atoms with E-state index >= 15 is 0 Å². The Labute approximate surface area is 138 Å². The first-order valence-electron chi connectivity index (χ1n) is 8.82. The summed E-state index contributed by atoms with van der Waals surface area (Å²) in [6.45, 7) is 3.27. The quantitative estimate of drug-likeness (QED) is 0.908. The summed E-state index contributed by atoms with van der Waals surface area (Å²) in [6, 6.07) is 8.69. The summed E-state index contributed by atoms with van der Waals surface area (Å²) >= 11 is 0. The lowest BCUT2D eigenvalue weighted by molar-refractivity contribution is -0.130. The first kappa shape index (κ1) is 16.0. The number of rotatable bonds is 5. The second-order valence-electron chi connectivity index (χ2n) is 6.77. The summed E-state index contributed by atoms with van der Waals surface area (Å²) < 4.78 is 0. The van der Waals surface area contributed by atoms with E-state index in [1.54, 1.807) is 0 Å². The third-order valence-corrected chi connectivity index (χ3v) is 5.19. The van der Waals surface area contributed by atoms with Gasteiger partial charge < -0.3 is 10.2 Å². The van der Waals surface area contributed by atoms with Gasteiger partial charge in [0.2, 0.25) is 11.8 Å². The van der Waals surface area contributed by atoms with Crippen LogP contribution >= 0.6 is 0 Å². The highest BCUT2D eigenvalue weighted by Crippen LogP contribution is 2.29. The van der Waals surface area contributed by atoms with Crippen LogP contribution in [-0.2, 0) is 22.6 Å². The maximum atomic E-state index is 12.4. The summed E-state index contributed by atoms with van der Waals surface area (Å²) in [6.07, 6.45) is 6.01. The molecule has 1 aliphatic heterocycles. The number of benzene rings is 1. The molecule has 1 aliphatic carbocycles. The fourth-order valence-electron chi connectivity index (χ4n) is 3.70. The van der Waals surface area contributed by atoms with Gasteiger partial charge in [-0.15, -0.1) is 0 Å². The van der Waals surface area contributed by atoms with Gasteiger partial charge in [0.25, 0.3) is 0 Å². The Morgan fingerprint density at radius 2 is 1.83 bits per heavy atom. The molecule has 2 amide bonds. The standard InChI is InChI=1S/C19H26N2O2/c1-2-14-7-9-15(10-8-14)12-20-19(23)16-11-18(22)21(13-16)17-5-3-4-6-17/h7-10,16-17H,2-6,11-13H2,1H3,(H,20,23)/t16-/m0/s1. The number of carbonyl (C=O) groups excluding carboxylic acids is 2. The molecule has 0 spiro atoms. The monoisotopic (exact) mass is 314 g/mol. The van der Waals surface area contributed by atoms with Crippen molar-refractivity contribution in [3.63, 3.8) is 0 Å². The summed E-state index contributed by atoms with van der Waals surface area (Å²) in [5, 5.41) is 2.99. The number of carbonyl (C=O) groups is 2. The third-order valence-electron chi connectivity index (χ3n) is 5.19. The van der Waals surface area contributed by atoms with Gasteiger partial charge in [0.15, 0.2) is 0 Å². The Bertz CT molecular complexity index is 561. The van der Waals surface area contributed by atoms with Crippen LogP contribution < -0.4 is 5.32 Å². The van der Waals surface area contributed by atoms with Crippen molar-refractivity contribution in [1.82, 2.24) is 10.2 Å². The fourth-order valence-corrected chi connectivity index (χ4v) is 3.70. The predicted molar refractivity (Wildman–Crippen MR) is 89.7 cm³/mol. The summed E-state index contributed by atoms with van der Waals surface area (Å²) in [5.41, 5.74) is 2.40. The molecule has 2 fully saturated rings.